The van der Waals surface area contributed by atoms with E-state index in [1.807, 2.05) is 37.3 Å². The Morgan fingerprint density at radius 1 is 1.00 bits per heavy atom. The number of aromatic nitrogens is 1. The Hall–Kier alpha value is -3.64. The Kier molecular flexibility index (Phi) is 8.62. The fourth-order valence-corrected chi connectivity index (χ4v) is 4.63. The van der Waals surface area contributed by atoms with Crippen molar-refractivity contribution in [2.24, 2.45) is 10.9 Å². The van der Waals surface area contributed by atoms with Gasteiger partial charge in [-0.25, -0.2) is 4.99 Å². The first-order chi connectivity index (χ1) is 17.9. The molecule has 0 radical (unpaired) electrons. The van der Waals surface area contributed by atoms with Crippen molar-refractivity contribution in [1.29, 1.82) is 0 Å². The highest BCUT2D eigenvalue weighted by Crippen LogP contribution is 2.28. The van der Waals surface area contributed by atoms with Crippen LogP contribution in [-0.4, -0.2) is 48.5 Å². The third kappa shape index (κ3) is 6.20. The Bertz CT molecular complexity index is 1270. The summed E-state index contributed by atoms with van der Waals surface area (Å²) >= 11 is 0. The third-order valence-electron chi connectivity index (χ3n) is 7.33. The quantitative estimate of drug-likeness (QED) is 0.304. The van der Waals surface area contributed by atoms with E-state index in [1.54, 1.807) is 22.8 Å². The van der Waals surface area contributed by atoms with Crippen molar-refractivity contribution in [1.82, 2.24) is 9.47 Å². The predicted molar refractivity (Wildman–Crippen MR) is 157 cm³/mol. The van der Waals surface area contributed by atoms with Gasteiger partial charge in [-0.15, -0.1) is 0 Å². The summed E-state index contributed by atoms with van der Waals surface area (Å²) in [5.41, 5.74) is 4.03. The lowest BCUT2D eigenvalue weighted by Gasteiger charge is -2.34. The van der Waals surface area contributed by atoms with Gasteiger partial charge in [-0.05, 0) is 56.3 Å². The molecule has 0 saturated carbocycles. The van der Waals surface area contributed by atoms with Gasteiger partial charge in [0.1, 0.15) is 11.7 Å². The molecule has 4 rings (SSSR count). The van der Waals surface area contributed by atoms with Gasteiger partial charge in [0, 0.05) is 55.1 Å². The number of nitrogens with zero attached hydrogens (tertiary/aromatic N) is 4. The molecule has 194 valence electrons. The van der Waals surface area contributed by atoms with E-state index in [-0.39, 0.29) is 17.5 Å². The summed E-state index contributed by atoms with van der Waals surface area (Å²) in [6.07, 6.45) is 2.69. The van der Waals surface area contributed by atoms with Gasteiger partial charge < -0.3 is 15.1 Å². The van der Waals surface area contributed by atoms with Crippen LogP contribution in [0.25, 0.3) is 6.08 Å². The van der Waals surface area contributed by atoms with Crippen molar-refractivity contribution < 1.29 is 0 Å². The first-order valence-electron chi connectivity index (χ1n) is 13.2. The van der Waals surface area contributed by atoms with Crippen molar-refractivity contribution in [3.63, 3.8) is 0 Å². The van der Waals surface area contributed by atoms with Crippen LogP contribution in [0.1, 0.15) is 44.4 Å². The maximum Gasteiger partial charge on any atom is 0.252 e. The first kappa shape index (κ1) is 26.4. The fourth-order valence-electron chi connectivity index (χ4n) is 4.63. The molecule has 2 aromatic carbocycles. The van der Waals surface area contributed by atoms with E-state index >= 15 is 0 Å². The van der Waals surface area contributed by atoms with Crippen molar-refractivity contribution >= 4 is 29.1 Å². The molecule has 1 fully saturated rings. The van der Waals surface area contributed by atoms with E-state index < -0.39 is 0 Å². The monoisotopic (exact) mass is 497 g/mol. The molecule has 1 aliphatic rings. The second-order valence-electron chi connectivity index (χ2n) is 9.88. The van der Waals surface area contributed by atoms with Crippen LogP contribution in [0.4, 0.5) is 17.2 Å². The van der Waals surface area contributed by atoms with Crippen LogP contribution in [0.15, 0.2) is 83.1 Å². The molecule has 2 unspecified atom stereocenters. The molecule has 6 nitrogen and oxygen atoms in total. The van der Waals surface area contributed by atoms with Gasteiger partial charge in [0.25, 0.3) is 5.56 Å². The van der Waals surface area contributed by atoms with Crippen LogP contribution in [0.5, 0.6) is 0 Å². The second kappa shape index (κ2) is 12.1. The highest BCUT2D eigenvalue weighted by Gasteiger charge is 2.19. The zero-order valence-electron chi connectivity index (χ0n) is 22.5. The SMILES string of the molecule is C=Cc1ccc(=O)n(C(C)c2ccccc2)c1N=C(Nc1ccc(N2CCN(C)CC2)cc1)C(C)CC. The van der Waals surface area contributed by atoms with Crippen LogP contribution in [0.2, 0.25) is 0 Å². The lowest BCUT2D eigenvalue weighted by atomic mass is 10.1. The molecule has 2 heterocycles. The predicted octanol–water partition coefficient (Wildman–Crippen LogP) is 6.04. The Morgan fingerprint density at radius 3 is 2.30 bits per heavy atom. The number of pyridine rings is 1. The maximum atomic E-state index is 13.1. The number of hydrogen-bond donors (Lipinski definition) is 1. The average molecular weight is 498 g/mol. The molecule has 0 amide bonds. The van der Waals surface area contributed by atoms with E-state index in [4.69, 9.17) is 4.99 Å². The lowest BCUT2D eigenvalue weighted by molar-refractivity contribution is 0.313. The molecule has 0 bridgehead atoms. The Morgan fingerprint density at radius 2 is 1.68 bits per heavy atom. The fraction of sp³-hybridized carbons (Fsp3) is 0.355. The van der Waals surface area contributed by atoms with Gasteiger partial charge in [-0.3, -0.25) is 9.36 Å². The van der Waals surface area contributed by atoms with Crippen molar-refractivity contribution in [2.45, 2.75) is 33.2 Å². The summed E-state index contributed by atoms with van der Waals surface area (Å²) in [5, 5.41) is 3.57. The number of benzene rings is 2. The number of hydrogen-bond acceptors (Lipinski definition) is 4. The van der Waals surface area contributed by atoms with Gasteiger partial charge in [0.15, 0.2) is 0 Å². The van der Waals surface area contributed by atoms with Gasteiger partial charge in [0.2, 0.25) is 0 Å². The Labute approximate surface area is 221 Å². The molecule has 0 spiro atoms. The van der Waals surface area contributed by atoms with E-state index in [9.17, 15) is 4.79 Å². The summed E-state index contributed by atoms with van der Waals surface area (Å²) < 4.78 is 1.77. The van der Waals surface area contributed by atoms with Gasteiger partial charge in [0.05, 0.1) is 6.04 Å². The largest absolute Gasteiger partial charge is 0.369 e. The highest BCUT2D eigenvalue weighted by molar-refractivity contribution is 5.98. The first-order valence-corrected chi connectivity index (χ1v) is 13.2. The zero-order chi connectivity index (χ0) is 26.4. The van der Waals surface area contributed by atoms with Crippen molar-refractivity contribution in [3.05, 3.63) is 94.8 Å². The van der Waals surface area contributed by atoms with E-state index in [0.717, 1.165) is 55.2 Å². The number of amidine groups is 1. The molecule has 1 aromatic heterocycles. The number of aliphatic imine (C=N–C) groups is 1. The summed E-state index contributed by atoms with van der Waals surface area (Å²) in [4.78, 5) is 23.0. The molecule has 1 saturated heterocycles. The number of likely N-dealkylation sites (N-methyl/N-ethyl adjacent to an activating group) is 1. The van der Waals surface area contributed by atoms with Crippen LogP contribution in [0, 0.1) is 5.92 Å². The third-order valence-corrected chi connectivity index (χ3v) is 7.33. The summed E-state index contributed by atoms with van der Waals surface area (Å²) in [6.45, 7) is 14.6. The number of nitrogens with one attached hydrogen (secondary N) is 1. The standard InChI is InChI=1S/C31H39N5O/c1-6-23(3)30(32-27-14-16-28(17-15-27)35-21-19-34(5)20-22-35)33-31-25(7-2)13-18-29(37)36(31)24(4)26-11-9-8-10-12-26/h7-18,23-24H,2,6,19-22H2,1,3-5H3,(H,32,33). The lowest BCUT2D eigenvalue weighted by Crippen LogP contribution is -2.44. The van der Waals surface area contributed by atoms with Crippen molar-refractivity contribution in [2.75, 3.05) is 43.4 Å². The van der Waals surface area contributed by atoms with Gasteiger partial charge >= 0.3 is 0 Å². The maximum absolute atomic E-state index is 13.1. The molecule has 0 aliphatic carbocycles. The van der Waals surface area contributed by atoms with Gasteiger partial charge in [-0.2, -0.15) is 0 Å². The van der Waals surface area contributed by atoms with Crippen molar-refractivity contribution in [3.8, 4) is 0 Å². The molecule has 3 aromatic rings. The second-order valence-corrected chi connectivity index (χ2v) is 9.88. The van der Waals surface area contributed by atoms with Crippen LogP contribution >= 0.6 is 0 Å². The summed E-state index contributed by atoms with van der Waals surface area (Å²) in [5.74, 6) is 1.62. The minimum absolute atomic E-state index is 0.0827. The molecular weight excluding hydrogens is 458 g/mol. The van der Waals surface area contributed by atoms with E-state index in [1.165, 1.54) is 5.69 Å². The number of anilines is 2. The molecule has 1 N–H and O–H groups in total. The molecule has 6 heteroatoms. The smallest absolute Gasteiger partial charge is 0.252 e. The molecule has 37 heavy (non-hydrogen) atoms. The normalized spacial score (nSPS) is 16.3. The van der Waals surface area contributed by atoms with E-state index in [0.29, 0.717) is 5.82 Å². The molecule has 1 aliphatic heterocycles. The van der Waals surface area contributed by atoms with Gasteiger partial charge in [-0.1, -0.05) is 56.8 Å². The van der Waals surface area contributed by atoms with Crippen LogP contribution in [0.3, 0.4) is 0 Å². The number of piperazine rings is 1. The Balaban J connectivity index is 1.69. The summed E-state index contributed by atoms with van der Waals surface area (Å²) in [6, 6.07) is 21.9. The van der Waals surface area contributed by atoms with E-state index in [2.05, 4.69) is 66.9 Å². The topological polar surface area (TPSA) is 52.9 Å². The number of rotatable bonds is 8. The molecular formula is C31H39N5O. The summed E-state index contributed by atoms with van der Waals surface area (Å²) in [7, 11) is 2.17. The highest BCUT2D eigenvalue weighted by atomic mass is 16.1. The minimum atomic E-state index is -0.173. The molecule has 2 atom stereocenters. The average Bonchev–Trinajstić information content (AvgIpc) is 2.93. The van der Waals surface area contributed by atoms with Crippen LogP contribution in [-0.2, 0) is 0 Å². The van der Waals surface area contributed by atoms with Crippen LogP contribution < -0.4 is 15.8 Å². The zero-order valence-corrected chi connectivity index (χ0v) is 22.5. The minimum Gasteiger partial charge on any atom is -0.369 e.